The van der Waals surface area contributed by atoms with Gasteiger partial charge in [-0.2, -0.15) is 4.99 Å². The van der Waals surface area contributed by atoms with Gasteiger partial charge < -0.3 is 9.64 Å². The number of hydrogen-bond acceptors (Lipinski definition) is 4. The zero-order valence-corrected chi connectivity index (χ0v) is 15.1. The van der Waals surface area contributed by atoms with Crippen molar-refractivity contribution in [3.63, 3.8) is 0 Å². The van der Waals surface area contributed by atoms with Gasteiger partial charge in [-0.15, -0.1) is 0 Å². The molecule has 1 saturated heterocycles. The molecule has 1 amide bonds. The van der Waals surface area contributed by atoms with E-state index in [1.54, 1.807) is 24.3 Å². The van der Waals surface area contributed by atoms with Gasteiger partial charge in [-0.1, -0.05) is 29.3 Å². The lowest BCUT2D eigenvalue weighted by atomic mass is 10.2. The van der Waals surface area contributed by atoms with Crippen LogP contribution >= 0.6 is 35.0 Å². The van der Waals surface area contributed by atoms with E-state index in [2.05, 4.69) is 9.89 Å². The molecule has 1 aromatic carbocycles. The maximum Gasteiger partial charge on any atom is 0.286 e. The molecular formula is C16H16Cl2N2O2S. The average Bonchev–Trinajstić information content (AvgIpc) is 2.82. The van der Waals surface area contributed by atoms with Crippen molar-refractivity contribution in [1.29, 1.82) is 0 Å². The number of aliphatic imine (C=N–C) groups is 1. The molecule has 0 aliphatic carbocycles. The molecule has 0 aromatic heterocycles. The summed E-state index contributed by atoms with van der Waals surface area (Å²) in [5.74, 6) is -0.234. The van der Waals surface area contributed by atoms with E-state index in [-0.39, 0.29) is 18.1 Å². The smallest absolute Gasteiger partial charge is 0.286 e. The molecule has 1 aromatic rings. The van der Waals surface area contributed by atoms with Gasteiger partial charge in [0, 0.05) is 23.1 Å². The van der Waals surface area contributed by atoms with E-state index in [0.717, 1.165) is 23.8 Å². The second-order valence-corrected chi connectivity index (χ2v) is 7.49. The number of thioether (sulfide) groups is 1. The fourth-order valence-corrected chi connectivity index (χ4v) is 4.01. The third-order valence-electron chi connectivity index (χ3n) is 3.55. The molecule has 0 spiro atoms. The minimum absolute atomic E-state index is 0.121. The standard InChI is InChI=1S/C16H16Cl2N2O2S/c1-9-7-20(8-10(2)22-9)16-19-15(21)14(23-16)5-11-3-4-12(17)6-13(11)18/h3-6,9-10H,7-8H2,1-2H3/b14-5+/t9-,10+. The van der Waals surface area contributed by atoms with E-state index in [1.807, 2.05) is 13.8 Å². The minimum Gasteiger partial charge on any atom is -0.372 e. The number of carbonyl (C=O) groups is 1. The van der Waals surface area contributed by atoms with E-state index in [1.165, 1.54) is 11.8 Å². The topological polar surface area (TPSA) is 41.9 Å². The first-order valence-electron chi connectivity index (χ1n) is 7.30. The lowest BCUT2D eigenvalue weighted by molar-refractivity contribution is -0.113. The molecule has 0 unspecified atom stereocenters. The Hall–Kier alpha value is -1.01. The summed E-state index contributed by atoms with van der Waals surface area (Å²) in [5.41, 5.74) is 0.757. The summed E-state index contributed by atoms with van der Waals surface area (Å²) in [6.07, 6.45) is 2.00. The van der Waals surface area contributed by atoms with E-state index in [4.69, 9.17) is 27.9 Å². The number of rotatable bonds is 1. The van der Waals surface area contributed by atoms with Crippen LogP contribution in [0.4, 0.5) is 0 Å². The molecule has 0 N–H and O–H groups in total. The van der Waals surface area contributed by atoms with Crippen LogP contribution in [0.15, 0.2) is 28.1 Å². The van der Waals surface area contributed by atoms with Gasteiger partial charge in [-0.3, -0.25) is 4.79 Å². The number of morpholine rings is 1. The largest absolute Gasteiger partial charge is 0.372 e. The number of halogens is 2. The van der Waals surface area contributed by atoms with Crippen molar-refractivity contribution in [1.82, 2.24) is 4.90 Å². The van der Waals surface area contributed by atoms with Gasteiger partial charge in [0.25, 0.3) is 5.91 Å². The summed E-state index contributed by atoms with van der Waals surface area (Å²) < 4.78 is 5.72. The van der Waals surface area contributed by atoms with Crippen LogP contribution in [0.1, 0.15) is 19.4 Å². The summed E-state index contributed by atoms with van der Waals surface area (Å²) in [6.45, 7) is 5.51. The molecule has 0 bridgehead atoms. The van der Waals surface area contributed by atoms with Crippen LogP contribution in [0.2, 0.25) is 10.0 Å². The third-order valence-corrected chi connectivity index (χ3v) is 5.16. The Kier molecular flexibility index (Phi) is 5.01. The van der Waals surface area contributed by atoms with Crippen LogP contribution in [-0.2, 0) is 9.53 Å². The van der Waals surface area contributed by atoms with Gasteiger partial charge >= 0.3 is 0 Å². The van der Waals surface area contributed by atoms with Crippen molar-refractivity contribution in [2.24, 2.45) is 4.99 Å². The minimum atomic E-state index is -0.234. The van der Waals surface area contributed by atoms with Crippen LogP contribution in [0.5, 0.6) is 0 Å². The molecule has 4 nitrogen and oxygen atoms in total. The number of carbonyl (C=O) groups excluding carboxylic acids is 1. The summed E-state index contributed by atoms with van der Waals surface area (Å²) in [6, 6.07) is 5.20. The van der Waals surface area contributed by atoms with Gasteiger partial charge in [0.15, 0.2) is 5.17 Å². The first-order chi connectivity index (χ1) is 10.9. The zero-order valence-electron chi connectivity index (χ0n) is 12.8. The van der Waals surface area contributed by atoms with Crippen molar-refractivity contribution in [3.8, 4) is 0 Å². The fraction of sp³-hybridized carbons (Fsp3) is 0.375. The van der Waals surface area contributed by atoms with Crippen LogP contribution in [0.3, 0.4) is 0 Å². The van der Waals surface area contributed by atoms with Gasteiger partial charge in [0.1, 0.15) is 0 Å². The molecule has 0 radical (unpaired) electrons. The van der Waals surface area contributed by atoms with Gasteiger partial charge in [0.2, 0.25) is 0 Å². The Morgan fingerprint density at radius 1 is 1.30 bits per heavy atom. The van der Waals surface area contributed by atoms with E-state index >= 15 is 0 Å². The van der Waals surface area contributed by atoms with Crippen molar-refractivity contribution in [2.75, 3.05) is 13.1 Å². The molecule has 2 aliphatic rings. The Morgan fingerprint density at radius 3 is 2.65 bits per heavy atom. The summed E-state index contributed by atoms with van der Waals surface area (Å²) in [7, 11) is 0. The molecule has 2 aliphatic heterocycles. The fourth-order valence-electron chi connectivity index (χ4n) is 2.63. The highest BCUT2D eigenvalue weighted by Crippen LogP contribution is 2.33. The second kappa shape index (κ2) is 6.85. The maximum atomic E-state index is 12.2. The van der Waals surface area contributed by atoms with Crippen molar-refractivity contribution >= 4 is 52.1 Å². The quantitative estimate of drug-likeness (QED) is 0.698. The summed E-state index contributed by atoms with van der Waals surface area (Å²) in [4.78, 5) is 19.0. The number of ether oxygens (including phenoxy) is 1. The Morgan fingerprint density at radius 2 is 2.00 bits per heavy atom. The molecular weight excluding hydrogens is 355 g/mol. The van der Waals surface area contributed by atoms with Gasteiger partial charge in [0.05, 0.1) is 17.1 Å². The Balaban J connectivity index is 1.78. The number of hydrogen-bond donors (Lipinski definition) is 0. The summed E-state index contributed by atoms with van der Waals surface area (Å²) in [5, 5.41) is 1.81. The van der Waals surface area contributed by atoms with Crippen LogP contribution in [0, 0.1) is 0 Å². The molecule has 0 saturated carbocycles. The molecule has 23 heavy (non-hydrogen) atoms. The molecule has 3 rings (SSSR count). The predicted molar refractivity (Wildman–Crippen MR) is 96.1 cm³/mol. The molecule has 7 heteroatoms. The third kappa shape index (κ3) is 3.91. The Labute approximate surface area is 149 Å². The van der Waals surface area contributed by atoms with Gasteiger partial charge in [-0.05, 0) is 49.4 Å². The molecule has 2 heterocycles. The molecule has 2 atom stereocenters. The SMILES string of the molecule is C[C@@H]1CN(C2=NC(=O)/C(=C\c3ccc(Cl)cc3Cl)S2)C[C@H](C)O1. The highest BCUT2D eigenvalue weighted by Gasteiger charge is 2.31. The monoisotopic (exact) mass is 370 g/mol. The van der Waals surface area contributed by atoms with Crippen molar-refractivity contribution in [2.45, 2.75) is 26.1 Å². The normalized spacial score (nSPS) is 26.8. The number of nitrogens with zero attached hydrogens (tertiary/aromatic N) is 2. The zero-order chi connectivity index (χ0) is 16.6. The van der Waals surface area contributed by atoms with Gasteiger partial charge in [-0.25, -0.2) is 0 Å². The average molecular weight is 371 g/mol. The maximum absolute atomic E-state index is 12.2. The second-order valence-electron chi connectivity index (χ2n) is 5.64. The first kappa shape index (κ1) is 16.8. The summed E-state index contributed by atoms with van der Waals surface area (Å²) >= 11 is 13.4. The lowest BCUT2D eigenvalue weighted by Gasteiger charge is -2.35. The molecule has 1 fully saturated rings. The van der Waals surface area contributed by atoms with Crippen molar-refractivity contribution in [3.05, 3.63) is 38.7 Å². The number of benzene rings is 1. The highest BCUT2D eigenvalue weighted by atomic mass is 35.5. The number of amidine groups is 1. The van der Waals surface area contributed by atoms with E-state index < -0.39 is 0 Å². The van der Waals surface area contributed by atoms with Crippen molar-refractivity contribution < 1.29 is 9.53 Å². The number of amides is 1. The van der Waals surface area contributed by atoms with Crippen LogP contribution < -0.4 is 0 Å². The Bertz CT molecular complexity index is 695. The van der Waals surface area contributed by atoms with E-state index in [0.29, 0.717) is 15.0 Å². The van der Waals surface area contributed by atoms with Crippen LogP contribution in [0.25, 0.3) is 6.08 Å². The predicted octanol–water partition coefficient (Wildman–Crippen LogP) is 4.07. The highest BCUT2D eigenvalue weighted by molar-refractivity contribution is 8.18. The molecule has 122 valence electrons. The van der Waals surface area contributed by atoms with E-state index in [9.17, 15) is 4.79 Å². The van der Waals surface area contributed by atoms with Crippen LogP contribution in [-0.4, -0.2) is 41.3 Å². The first-order valence-corrected chi connectivity index (χ1v) is 8.87. The lowest BCUT2D eigenvalue weighted by Crippen LogP contribution is -2.47.